The van der Waals surface area contributed by atoms with Crippen LogP contribution >= 0.6 is 0 Å². The first kappa shape index (κ1) is 9.42. The maximum absolute atomic E-state index is 13.0. The number of aliphatic hydroxyl groups is 2. The number of allylic oxidation sites excluding steroid dienone is 2. The van der Waals surface area contributed by atoms with Gasteiger partial charge in [0.1, 0.15) is 18.0 Å². The van der Waals surface area contributed by atoms with E-state index in [2.05, 4.69) is 0 Å². The van der Waals surface area contributed by atoms with Gasteiger partial charge in [-0.2, -0.15) is 0 Å². The lowest BCUT2D eigenvalue weighted by atomic mass is 9.95. The largest absolute Gasteiger partial charge is 0.386 e. The molecular weight excluding hydrogens is 159 g/mol. The molecular formula is C9H13FO2. The SMILES string of the molecule is CCCC1=C(F)C=C[C@H](O)[C@@H]1O. The van der Waals surface area contributed by atoms with Gasteiger partial charge in [-0.1, -0.05) is 19.4 Å². The summed E-state index contributed by atoms with van der Waals surface area (Å²) in [5.41, 5.74) is 0.313. The zero-order valence-corrected chi connectivity index (χ0v) is 7.00. The highest BCUT2D eigenvalue weighted by atomic mass is 19.1. The van der Waals surface area contributed by atoms with E-state index >= 15 is 0 Å². The van der Waals surface area contributed by atoms with Crippen molar-refractivity contribution >= 4 is 0 Å². The molecule has 0 aromatic rings. The summed E-state index contributed by atoms with van der Waals surface area (Å²) in [6.07, 6.45) is 1.72. The average Bonchev–Trinajstić information content (AvgIpc) is 2.06. The molecule has 0 aromatic heterocycles. The van der Waals surface area contributed by atoms with Crippen molar-refractivity contribution in [1.29, 1.82) is 0 Å². The molecule has 0 unspecified atom stereocenters. The van der Waals surface area contributed by atoms with E-state index in [1.807, 2.05) is 6.92 Å². The lowest BCUT2D eigenvalue weighted by Gasteiger charge is -2.21. The second kappa shape index (κ2) is 3.83. The molecule has 1 aliphatic rings. The molecule has 0 aromatic carbocycles. The van der Waals surface area contributed by atoms with Crippen molar-refractivity contribution in [2.24, 2.45) is 0 Å². The van der Waals surface area contributed by atoms with E-state index in [9.17, 15) is 9.50 Å². The van der Waals surface area contributed by atoms with Gasteiger partial charge >= 0.3 is 0 Å². The van der Waals surface area contributed by atoms with Crippen LogP contribution in [0.5, 0.6) is 0 Å². The maximum Gasteiger partial charge on any atom is 0.124 e. The lowest BCUT2D eigenvalue weighted by molar-refractivity contribution is 0.0666. The number of hydrogen-bond acceptors (Lipinski definition) is 2. The van der Waals surface area contributed by atoms with E-state index in [-0.39, 0.29) is 0 Å². The highest BCUT2D eigenvalue weighted by molar-refractivity contribution is 5.30. The van der Waals surface area contributed by atoms with Crippen molar-refractivity contribution in [2.75, 3.05) is 0 Å². The van der Waals surface area contributed by atoms with Gasteiger partial charge in [0.2, 0.25) is 0 Å². The van der Waals surface area contributed by atoms with Crippen LogP contribution in [0.4, 0.5) is 4.39 Å². The Morgan fingerprint density at radius 3 is 2.75 bits per heavy atom. The molecule has 68 valence electrons. The summed E-state index contributed by atoms with van der Waals surface area (Å²) in [5.74, 6) is -0.408. The minimum Gasteiger partial charge on any atom is -0.386 e. The van der Waals surface area contributed by atoms with Crippen LogP contribution in [0.1, 0.15) is 19.8 Å². The molecule has 0 fully saturated rings. The Kier molecular flexibility index (Phi) is 3.00. The molecule has 0 saturated heterocycles. The normalized spacial score (nSPS) is 29.7. The standard InChI is InChI=1S/C9H13FO2/c1-2-3-6-7(10)4-5-8(11)9(6)12/h4-5,8-9,11-12H,2-3H2,1H3/t8-,9+/m0/s1. The first-order valence-electron chi connectivity index (χ1n) is 4.09. The molecule has 0 radical (unpaired) electrons. The summed E-state index contributed by atoms with van der Waals surface area (Å²) in [5, 5.41) is 18.5. The first-order valence-corrected chi connectivity index (χ1v) is 4.09. The molecule has 1 rings (SSSR count). The summed E-state index contributed by atoms with van der Waals surface area (Å²) in [6, 6.07) is 0. The van der Waals surface area contributed by atoms with Gasteiger partial charge < -0.3 is 10.2 Å². The Hall–Kier alpha value is -0.670. The van der Waals surface area contributed by atoms with E-state index in [0.29, 0.717) is 12.0 Å². The Labute approximate surface area is 71.0 Å². The maximum atomic E-state index is 13.0. The Morgan fingerprint density at radius 1 is 1.50 bits per heavy atom. The molecule has 2 N–H and O–H groups in total. The lowest BCUT2D eigenvalue weighted by Crippen LogP contribution is -2.28. The summed E-state index contributed by atoms with van der Waals surface area (Å²) in [7, 11) is 0. The van der Waals surface area contributed by atoms with Crippen LogP contribution in [0, 0.1) is 0 Å². The molecule has 0 saturated carbocycles. The van der Waals surface area contributed by atoms with Gasteiger partial charge in [0, 0.05) is 0 Å². The molecule has 0 heterocycles. The Balaban J connectivity index is 2.82. The van der Waals surface area contributed by atoms with Gasteiger partial charge in [-0.15, -0.1) is 0 Å². The van der Waals surface area contributed by atoms with Gasteiger partial charge in [0.05, 0.1) is 0 Å². The van der Waals surface area contributed by atoms with E-state index in [4.69, 9.17) is 5.11 Å². The van der Waals surface area contributed by atoms with Crippen molar-refractivity contribution in [1.82, 2.24) is 0 Å². The quantitative estimate of drug-likeness (QED) is 0.659. The third-order valence-corrected chi connectivity index (χ3v) is 1.95. The zero-order valence-electron chi connectivity index (χ0n) is 7.00. The van der Waals surface area contributed by atoms with E-state index in [1.165, 1.54) is 12.2 Å². The van der Waals surface area contributed by atoms with Crippen LogP contribution in [0.15, 0.2) is 23.6 Å². The summed E-state index contributed by atoms with van der Waals surface area (Å²) >= 11 is 0. The van der Waals surface area contributed by atoms with Crippen LogP contribution in [0.3, 0.4) is 0 Å². The van der Waals surface area contributed by atoms with Gasteiger partial charge in [-0.3, -0.25) is 0 Å². The smallest absolute Gasteiger partial charge is 0.124 e. The van der Waals surface area contributed by atoms with Crippen molar-refractivity contribution in [3.63, 3.8) is 0 Å². The predicted octanol–water partition coefficient (Wildman–Crippen LogP) is 1.30. The highest BCUT2D eigenvalue weighted by Gasteiger charge is 2.24. The Morgan fingerprint density at radius 2 is 2.17 bits per heavy atom. The summed E-state index contributed by atoms with van der Waals surface area (Å²) in [6.45, 7) is 1.90. The number of rotatable bonds is 2. The van der Waals surface area contributed by atoms with Crippen LogP contribution in [0.2, 0.25) is 0 Å². The molecule has 12 heavy (non-hydrogen) atoms. The van der Waals surface area contributed by atoms with Gasteiger partial charge in [0.15, 0.2) is 0 Å². The molecule has 0 aliphatic heterocycles. The predicted molar refractivity (Wildman–Crippen MR) is 44.2 cm³/mol. The molecule has 1 aliphatic carbocycles. The average molecular weight is 172 g/mol. The highest BCUT2D eigenvalue weighted by Crippen LogP contribution is 2.24. The second-order valence-corrected chi connectivity index (χ2v) is 2.92. The van der Waals surface area contributed by atoms with Gasteiger partial charge in [-0.05, 0) is 18.1 Å². The number of halogens is 1. The zero-order chi connectivity index (χ0) is 9.14. The van der Waals surface area contributed by atoms with E-state index in [1.54, 1.807) is 0 Å². The van der Waals surface area contributed by atoms with Crippen molar-refractivity contribution in [3.8, 4) is 0 Å². The van der Waals surface area contributed by atoms with Crippen LogP contribution < -0.4 is 0 Å². The third kappa shape index (κ3) is 1.73. The molecule has 0 amide bonds. The van der Waals surface area contributed by atoms with Crippen molar-refractivity contribution in [3.05, 3.63) is 23.6 Å². The number of aliphatic hydroxyl groups excluding tert-OH is 2. The molecule has 0 spiro atoms. The first-order chi connectivity index (χ1) is 5.66. The number of hydrogen-bond donors (Lipinski definition) is 2. The topological polar surface area (TPSA) is 40.5 Å². The van der Waals surface area contributed by atoms with E-state index in [0.717, 1.165) is 6.42 Å². The summed E-state index contributed by atoms with van der Waals surface area (Å²) in [4.78, 5) is 0. The minimum atomic E-state index is -1.06. The molecule has 0 bridgehead atoms. The van der Waals surface area contributed by atoms with Gasteiger partial charge in [0.25, 0.3) is 0 Å². The van der Waals surface area contributed by atoms with Crippen LogP contribution in [-0.2, 0) is 0 Å². The third-order valence-electron chi connectivity index (χ3n) is 1.95. The Bertz CT molecular complexity index is 221. The fourth-order valence-corrected chi connectivity index (χ4v) is 1.28. The second-order valence-electron chi connectivity index (χ2n) is 2.92. The monoisotopic (exact) mass is 172 g/mol. The van der Waals surface area contributed by atoms with Crippen molar-refractivity contribution in [2.45, 2.75) is 32.0 Å². The fourth-order valence-electron chi connectivity index (χ4n) is 1.28. The fraction of sp³-hybridized carbons (Fsp3) is 0.556. The molecule has 3 heteroatoms. The van der Waals surface area contributed by atoms with Gasteiger partial charge in [-0.25, -0.2) is 4.39 Å². The summed E-state index contributed by atoms with van der Waals surface area (Å²) < 4.78 is 13.0. The van der Waals surface area contributed by atoms with Crippen LogP contribution in [0.25, 0.3) is 0 Å². The molecule has 2 nitrogen and oxygen atoms in total. The van der Waals surface area contributed by atoms with Crippen LogP contribution in [-0.4, -0.2) is 22.4 Å². The van der Waals surface area contributed by atoms with Crippen molar-refractivity contribution < 1.29 is 14.6 Å². The molecule has 2 atom stereocenters. The van der Waals surface area contributed by atoms with E-state index < -0.39 is 18.0 Å². The minimum absolute atomic E-state index is 0.313.